The Hall–Kier alpha value is -1.23. The maximum atomic E-state index is 13.3. The van der Waals surface area contributed by atoms with Gasteiger partial charge in [0.15, 0.2) is 0 Å². The summed E-state index contributed by atoms with van der Waals surface area (Å²) >= 11 is 3.43. The SMILES string of the molecule is Cc1cccc(C(NN)c2cc(F)ccc2Br)c1. The van der Waals surface area contributed by atoms with Crippen LogP contribution in [0.3, 0.4) is 0 Å². The Labute approximate surface area is 114 Å². The largest absolute Gasteiger partial charge is 0.271 e. The van der Waals surface area contributed by atoms with Gasteiger partial charge in [0.25, 0.3) is 0 Å². The van der Waals surface area contributed by atoms with E-state index in [1.807, 2.05) is 31.2 Å². The minimum absolute atomic E-state index is 0.241. The van der Waals surface area contributed by atoms with Gasteiger partial charge >= 0.3 is 0 Å². The summed E-state index contributed by atoms with van der Waals surface area (Å²) in [5.74, 6) is 5.34. The smallest absolute Gasteiger partial charge is 0.123 e. The Morgan fingerprint density at radius 1 is 1.22 bits per heavy atom. The summed E-state index contributed by atoms with van der Waals surface area (Å²) in [6.45, 7) is 2.01. The van der Waals surface area contributed by atoms with Crippen LogP contribution in [0, 0.1) is 12.7 Å². The van der Waals surface area contributed by atoms with Gasteiger partial charge in [0.1, 0.15) is 5.82 Å². The minimum atomic E-state index is -0.277. The number of nitrogens with two attached hydrogens (primary N) is 1. The summed E-state index contributed by atoms with van der Waals surface area (Å²) in [5.41, 5.74) is 5.66. The highest BCUT2D eigenvalue weighted by molar-refractivity contribution is 9.10. The van der Waals surface area contributed by atoms with Gasteiger partial charge in [-0.2, -0.15) is 0 Å². The third-order valence-electron chi connectivity index (χ3n) is 2.81. The first kappa shape index (κ1) is 13.2. The minimum Gasteiger partial charge on any atom is -0.271 e. The molecule has 0 heterocycles. The molecule has 0 aromatic heterocycles. The van der Waals surface area contributed by atoms with E-state index >= 15 is 0 Å². The second-order valence-corrected chi connectivity index (χ2v) is 5.03. The fourth-order valence-corrected chi connectivity index (χ4v) is 2.43. The number of hydrazine groups is 1. The highest BCUT2D eigenvalue weighted by Crippen LogP contribution is 2.29. The van der Waals surface area contributed by atoms with E-state index < -0.39 is 0 Å². The van der Waals surface area contributed by atoms with Crippen molar-refractivity contribution in [1.29, 1.82) is 0 Å². The van der Waals surface area contributed by atoms with Gasteiger partial charge in [0.05, 0.1) is 6.04 Å². The molecule has 3 N–H and O–H groups in total. The molecule has 0 saturated carbocycles. The second kappa shape index (κ2) is 5.61. The lowest BCUT2D eigenvalue weighted by atomic mass is 9.98. The van der Waals surface area contributed by atoms with Crippen LogP contribution in [0.25, 0.3) is 0 Å². The van der Waals surface area contributed by atoms with Crippen molar-refractivity contribution in [3.05, 3.63) is 69.4 Å². The zero-order valence-electron chi connectivity index (χ0n) is 9.95. The predicted octanol–water partition coefficient (Wildman–Crippen LogP) is 3.45. The number of benzene rings is 2. The van der Waals surface area contributed by atoms with Crippen LogP contribution >= 0.6 is 15.9 Å². The van der Waals surface area contributed by atoms with Crippen LogP contribution in [0.2, 0.25) is 0 Å². The molecule has 2 aromatic carbocycles. The summed E-state index contributed by atoms with van der Waals surface area (Å²) in [6, 6.07) is 12.3. The Kier molecular flexibility index (Phi) is 4.11. The Morgan fingerprint density at radius 3 is 2.67 bits per heavy atom. The van der Waals surface area contributed by atoms with E-state index in [0.29, 0.717) is 0 Å². The van der Waals surface area contributed by atoms with Gasteiger partial charge in [-0.1, -0.05) is 45.8 Å². The first-order valence-corrected chi connectivity index (χ1v) is 6.39. The zero-order chi connectivity index (χ0) is 13.1. The van der Waals surface area contributed by atoms with E-state index in [2.05, 4.69) is 21.4 Å². The highest BCUT2D eigenvalue weighted by atomic mass is 79.9. The van der Waals surface area contributed by atoms with Crippen LogP contribution in [0.15, 0.2) is 46.9 Å². The summed E-state index contributed by atoms with van der Waals surface area (Å²) in [4.78, 5) is 0. The maximum absolute atomic E-state index is 13.3. The second-order valence-electron chi connectivity index (χ2n) is 4.18. The van der Waals surface area contributed by atoms with Crippen LogP contribution in [0.5, 0.6) is 0 Å². The molecule has 0 bridgehead atoms. The molecule has 4 heteroatoms. The van der Waals surface area contributed by atoms with Crippen molar-refractivity contribution < 1.29 is 4.39 Å². The van der Waals surface area contributed by atoms with E-state index in [1.165, 1.54) is 12.1 Å². The van der Waals surface area contributed by atoms with E-state index in [1.54, 1.807) is 6.07 Å². The Balaban J connectivity index is 2.48. The topological polar surface area (TPSA) is 38.0 Å². The van der Waals surface area contributed by atoms with E-state index in [0.717, 1.165) is 21.2 Å². The molecule has 0 aliphatic carbocycles. The molecule has 0 spiro atoms. The molecule has 0 aliphatic rings. The average Bonchev–Trinajstić information content (AvgIpc) is 2.35. The first-order chi connectivity index (χ1) is 8.61. The van der Waals surface area contributed by atoms with Gasteiger partial charge in [-0.05, 0) is 36.2 Å². The van der Waals surface area contributed by atoms with Gasteiger partial charge in [0, 0.05) is 4.47 Å². The fourth-order valence-electron chi connectivity index (χ4n) is 1.95. The average molecular weight is 309 g/mol. The third-order valence-corrected chi connectivity index (χ3v) is 3.53. The Bertz CT molecular complexity index is 557. The first-order valence-electron chi connectivity index (χ1n) is 5.59. The molecule has 2 aromatic rings. The van der Waals surface area contributed by atoms with Crippen molar-refractivity contribution in [2.45, 2.75) is 13.0 Å². The lowest BCUT2D eigenvalue weighted by molar-refractivity contribution is 0.603. The van der Waals surface area contributed by atoms with Gasteiger partial charge in [-0.25, -0.2) is 9.82 Å². The molecule has 0 amide bonds. The zero-order valence-corrected chi connectivity index (χ0v) is 11.5. The van der Waals surface area contributed by atoms with Crippen molar-refractivity contribution in [3.63, 3.8) is 0 Å². The lowest BCUT2D eigenvalue weighted by Gasteiger charge is -2.19. The summed E-state index contributed by atoms with van der Waals surface area (Å²) < 4.78 is 14.2. The van der Waals surface area contributed by atoms with Crippen LogP contribution in [0.1, 0.15) is 22.7 Å². The molecular weight excluding hydrogens is 295 g/mol. The number of aryl methyl sites for hydroxylation is 1. The van der Waals surface area contributed by atoms with Gasteiger partial charge in [-0.3, -0.25) is 5.84 Å². The van der Waals surface area contributed by atoms with Gasteiger partial charge in [0.2, 0.25) is 0 Å². The number of halogens is 2. The van der Waals surface area contributed by atoms with E-state index in [4.69, 9.17) is 5.84 Å². The van der Waals surface area contributed by atoms with Crippen LogP contribution in [0.4, 0.5) is 4.39 Å². The number of nitrogens with one attached hydrogen (secondary N) is 1. The van der Waals surface area contributed by atoms with Crippen molar-refractivity contribution in [2.24, 2.45) is 5.84 Å². The molecule has 0 fully saturated rings. The quantitative estimate of drug-likeness (QED) is 0.673. The number of rotatable bonds is 3. The summed E-state index contributed by atoms with van der Waals surface area (Å²) in [5, 5.41) is 0. The van der Waals surface area contributed by atoms with Crippen molar-refractivity contribution in [2.75, 3.05) is 0 Å². The molecule has 0 aliphatic heterocycles. The maximum Gasteiger partial charge on any atom is 0.123 e. The fraction of sp³-hybridized carbons (Fsp3) is 0.143. The van der Waals surface area contributed by atoms with Gasteiger partial charge < -0.3 is 0 Å². The Morgan fingerprint density at radius 2 is 2.00 bits per heavy atom. The number of hydrogen-bond donors (Lipinski definition) is 2. The van der Waals surface area contributed by atoms with Gasteiger partial charge in [-0.15, -0.1) is 0 Å². The van der Waals surface area contributed by atoms with Crippen molar-refractivity contribution >= 4 is 15.9 Å². The van der Waals surface area contributed by atoms with E-state index in [-0.39, 0.29) is 11.9 Å². The summed E-state index contributed by atoms with van der Waals surface area (Å²) in [6.07, 6.45) is 0. The molecule has 1 unspecified atom stereocenters. The van der Waals surface area contributed by atoms with Crippen molar-refractivity contribution in [3.8, 4) is 0 Å². The molecule has 2 nitrogen and oxygen atoms in total. The standard InChI is InChI=1S/C14H14BrFN2/c1-9-3-2-4-10(7-9)14(18-17)12-8-11(16)5-6-13(12)15/h2-8,14,18H,17H2,1H3. The normalized spacial score (nSPS) is 12.4. The van der Waals surface area contributed by atoms with Crippen LogP contribution < -0.4 is 11.3 Å². The molecule has 0 radical (unpaired) electrons. The summed E-state index contributed by atoms with van der Waals surface area (Å²) in [7, 11) is 0. The monoisotopic (exact) mass is 308 g/mol. The molecule has 2 rings (SSSR count). The van der Waals surface area contributed by atoms with Crippen LogP contribution in [-0.4, -0.2) is 0 Å². The van der Waals surface area contributed by atoms with E-state index in [9.17, 15) is 4.39 Å². The van der Waals surface area contributed by atoms with Crippen LogP contribution in [-0.2, 0) is 0 Å². The molecule has 0 saturated heterocycles. The lowest BCUT2D eigenvalue weighted by Crippen LogP contribution is -2.29. The molecule has 94 valence electrons. The molecule has 18 heavy (non-hydrogen) atoms. The predicted molar refractivity (Wildman–Crippen MR) is 74.4 cm³/mol. The molecule has 1 atom stereocenters. The number of hydrogen-bond acceptors (Lipinski definition) is 2. The van der Waals surface area contributed by atoms with Crippen molar-refractivity contribution in [1.82, 2.24) is 5.43 Å². The third kappa shape index (κ3) is 2.77. The molecular formula is C14H14BrFN2. The highest BCUT2D eigenvalue weighted by Gasteiger charge is 2.16.